The van der Waals surface area contributed by atoms with Gasteiger partial charge in [-0.05, 0) is 23.8 Å². The van der Waals surface area contributed by atoms with Crippen molar-refractivity contribution in [3.05, 3.63) is 57.8 Å². The van der Waals surface area contributed by atoms with Gasteiger partial charge in [0.25, 0.3) is 0 Å². The monoisotopic (exact) mass is 302 g/mol. The Balaban J connectivity index is 2.15. The van der Waals surface area contributed by atoms with Gasteiger partial charge in [-0.15, -0.1) is 13.2 Å². The van der Waals surface area contributed by atoms with Gasteiger partial charge in [0.2, 0.25) is 0 Å². The minimum absolute atomic E-state index is 0.131. The number of benzene rings is 1. The Kier molecular flexibility index (Phi) is 3.85. The summed E-state index contributed by atoms with van der Waals surface area (Å²) < 4.78 is 44.7. The second-order valence-corrected chi connectivity index (χ2v) is 4.03. The summed E-state index contributed by atoms with van der Waals surface area (Å²) in [4.78, 5) is 9.79. The quantitative estimate of drug-likeness (QED) is 0.692. The summed E-state index contributed by atoms with van der Waals surface area (Å²) in [5.74, 6) is -0.715. The molecule has 9 heteroatoms. The van der Waals surface area contributed by atoms with Crippen LogP contribution in [0.5, 0.6) is 5.75 Å². The van der Waals surface area contributed by atoms with Crippen molar-refractivity contribution in [2.45, 2.75) is 12.4 Å². The molecule has 2 aromatic rings. The van der Waals surface area contributed by atoms with Gasteiger partial charge in [0.1, 0.15) is 16.4 Å². The summed E-state index contributed by atoms with van der Waals surface area (Å²) in [5, 5.41) is 10.5. The molecular formula is C12H9F3N2O4. The molecule has 1 aromatic carbocycles. The highest BCUT2D eigenvalue weighted by Crippen LogP contribution is 2.28. The lowest BCUT2D eigenvalue weighted by Gasteiger charge is -2.11. The first kappa shape index (κ1) is 14.9. The number of nitrogens with two attached hydrogens (primary N) is 1. The molecule has 0 fully saturated rings. The van der Waals surface area contributed by atoms with Gasteiger partial charge in [-0.25, -0.2) is 0 Å². The first-order chi connectivity index (χ1) is 9.76. The largest absolute Gasteiger partial charge is 0.573 e. The molecule has 0 radical (unpaired) electrons. The SMILES string of the molecule is N[C@@H](c1ccc(OC(F)(F)F)cc1)c1ccc([N+](=O)[O-])o1. The molecule has 1 aromatic heterocycles. The maximum atomic E-state index is 12.0. The molecule has 0 unspecified atom stereocenters. The van der Waals surface area contributed by atoms with Crippen LogP contribution in [0.15, 0.2) is 40.8 Å². The average molecular weight is 302 g/mol. The van der Waals surface area contributed by atoms with Gasteiger partial charge in [0.15, 0.2) is 0 Å². The fourth-order valence-electron chi connectivity index (χ4n) is 1.65. The zero-order valence-corrected chi connectivity index (χ0v) is 10.3. The molecule has 21 heavy (non-hydrogen) atoms. The van der Waals surface area contributed by atoms with Crippen LogP contribution in [0.3, 0.4) is 0 Å². The van der Waals surface area contributed by atoms with E-state index in [2.05, 4.69) is 4.74 Å². The molecule has 2 N–H and O–H groups in total. The van der Waals surface area contributed by atoms with Crippen LogP contribution in [0.2, 0.25) is 0 Å². The zero-order chi connectivity index (χ0) is 15.6. The number of nitrogens with zero attached hydrogens (tertiary/aromatic N) is 1. The summed E-state index contributed by atoms with van der Waals surface area (Å²) in [6.07, 6.45) is -4.77. The Bertz CT molecular complexity index is 637. The second-order valence-electron chi connectivity index (χ2n) is 4.03. The predicted molar refractivity (Wildman–Crippen MR) is 64.5 cm³/mol. The van der Waals surface area contributed by atoms with E-state index in [-0.39, 0.29) is 11.5 Å². The van der Waals surface area contributed by atoms with Crippen LogP contribution < -0.4 is 10.5 Å². The van der Waals surface area contributed by atoms with Crippen LogP contribution in [0.1, 0.15) is 17.4 Å². The number of nitro groups is 1. The highest BCUT2D eigenvalue weighted by molar-refractivity contribution is 5.33. The molecule has 0 aliphatic carbocycles. The van der Waals surface area contributed by atoms with E-state index in [0.717, 1.165) is 18.2 Å². The molecule has 0 aliphatic heterocycles. The molecule has 112 valence electrons. The highest BCUT2D eigenvalue weighted by Gasteiger charge is 2.31. The van der Waals surface area contributed by atoms with Crippen molar-refractivity contribution in [3.63, 3.8) is 0 Å². The van der Waals surface area contributed by atoms with Crippen molar-refractivity contribution in [1.29, 1.82) is 0 Å². The van der Waals surface area contributed by atoms with Crippen LogP contribution in [-0.2, 0) is 0 Å². The summed E-state index contributed by atoms with van der Waals surface area (Å²) in [5.41, 5.74) is 6.25. The van der Waals surface area contributed by atoms with E-state index in [9.17, 15) is 23.3 Å². The molecule has 2 rings (SSSR count). The molecular weight excluding hydrogens is 293 g/mol. The van der Waals surface area contributed by atoms with Crippen molar-refractivity contribution >= 4 is 5.88 Å². The maximum Gasteiger partial charge on any atom is 0.573 e. The lowest BCUT2D eigenvalue weighted by atomic mass is 10.1. The van der Waals surface area contributed by atoms with Crippen LogP contribution in [-0.4, -0.2) is 11.3 Å². The Hall–Kier alpha value is -2.55. The third-order valence-corrected chi connectivity index (χ3v) is 2.57. The summed E-state index contributed by atoms with van der Waals surface area (Å²) >= 11 is 0. The van der Waals surface area contributed by atoms with Gasteiger partial charge < -0.3 is 14.9 Å². The second kappa shape index (κ2) is 5.44. The van der Waals surface area contributed by atoms with Crippen molar-refractivity contribution in [2.75, 3.05) is 0 Å². The van der Waals surface area contributed by atoms with Crippen LogP contribution in [0, 0.1) is 10.1 Å². The first-order valence-corrected chi connectivity index (χ1v) is 5.61. The van der Waals surface area contributed by atoms with Gasteiger partial charge in [0, 0.05) is 0 Å². The van der Waals surface area contributed by atoms with Gasteiger partial charge in [-0.2, -0.15) is 0 Å². The van der Waals surface area contributed by atoms with E-state index in [0.29, 0.717) is 5.56 Å². The highest BCUT2D eigenvalue weighted by atomic mass is 19.4. The van der Waals surface area contributed by atoms with Crippen LogP contribution in [0.25, 0.3) is 0 Å². The van der Waals surface area contributed by atoms with E-state index < -0.39 is 23.2 Å². The number of hydrogen-bond donors (Lipinski definition) is 1. The van der Waals surface area contributed by atoms with E-state index in [1.54, 1.807) is 0 Å². The third-order valence-electron chi connectivity index (χ3n) is 2.57. The fraction of sp³-hybridized carbons (Fsp3) is 0.167. The Morgan fingerprint density at radius 3 is 2.29 bits per heavy atom. The third kappa shape index (κ3) is 3.72. The summed E-state index contributed by atoms with van der Waals surface area (Å²) in [6, 6.07) is 6.48. The first-order valence-electron chi connectivity index (χ1n) is 5.61. The number of halogens is 3. The van der Waals surface area contributed by atoms with Gasteiger partial charge in [0.05, 0.1) is 12.1 Å². The van der Waals surface area contributed by atoms with Crippen LogP contribution in [0.4, 0.5) is 19.1 Å². The molecule has 0 spiro atoms. The molecule has 0 saturated carbocycles. The minimum Gasteiger partial charge on any atom is -0.406 e. The molecule has 6 nitrogen and oxygen atoms in total. The molecule has 0 saturated heterocycles. The normalized spacial score (nSPS) is 13.0. The summed E-state index contributed by atoms with van der Waals surface area (Å²) in [6.45, 7) is 0. The van der Waals surface area contributed by atoms with E-state index in [1.807, 2.05) is 0 Å². The number of hydrogen-bond acceptors (Lipinski definition) is 5. The lowest BCUT2D eigenvalue weighted by Crippen LogP contribution is -2.17. The van der Waals surface area contributed by atoms with Crippen molar-refractivity contribution < 1.29 is 27.2 Å². The molecule has 1 heterocycles. The zero-order valence-electron chi connectivity index (χ0n) is 10.3. The molecule has 0 amide bonds. The van der Waals surface area contributed by atoms with Crippen LogP contribution >= 0.6 is 0 Å². The van der Waals surface area contributed by atoms with E-state index >= 15 is 0 Å². The molecule has 0 aliphatic rings. The molecule has 1 atom stereocenters. The Labute approximate surface area is 116 Å². The number of alkyl halides is 3. The number of furan rings is 1. The van der Waals surface area contributed by atoms with E-state index in [4.69, 9.17) is 10.2 Å². The number of rotatable bonds is 4. The lowest BCUT2D eigenvalue weighted by molar-refractivity contribution is -0.402. The standard InChI is InChI=1S/C12H9F3N2O4/c13-12(14,15)21-8-3-1-7(2-4-8)11(16)9-5-6-10(20-9)17(18)19/h1-6,11H,16H2/t11-/m0/s1. The Morgan fingerprint density at radius 1 is 1.19 bits per heavy atom. The number of ether oxygens (including phenoxy) is 1. The average Bonchev–Trinajstić information content (AvgIpc) is 2.86. The maximum absolute atomic E-state index is 12.0. The molecule has 0 bridgehead atoms. The van der Waals surface area contributed by atoms with Gasteiger partial charge in [-0.3, -0.25) is 10.1 Å². The summed E-state index contributed by atoms with van der Waals surface area (Å²) in [7, 11) is 0. The Morgan fingerprint density at radius 2 is 1.81 bits per heavy atom. The minimum atomic E-state index is -4.77. The van der Waals surface area contributed by atoms with Crippen molar-refractivity contribution in [3.8, 4) is 5.75 Å². The van der Waals surface area contributed by atoms with Crippen molar-refractivity contribution in [1.82, 2.24) is 0 Å². The smallest absolute Gasteiger partial charge is 0.406 e. The fourth-order valence-corrected chi connectivity index (χ4v) is 1.65. The topological polar surface area (TPSA) is 91.5 Å². The van der Waals surface area contributed by atoms with Gasteiger partial charge in [-0.1, -0.05) is 12.1 Å². The van der Waals surface area contributed by atoms with E-state index in [1.165, 1.54) is 18.2 Å². The predicted octanol–water partition coefficient (Wildman–Crippen LogP) is 3.13. The van der Waals surface area contributed by atoms with Crippen molar-refractivity contribution in [2.24, 2.45) is 5.73 Å². The van der Waals surface area contributed by atoms with Gasteiger partial charge >= 0.3 is 12.2 Å².